The normalized spacial score (nSPS) is 11.4. The summed E-state index contributed by atoms with van der Waals surface area (Å²) in [7, 11) is 0. The largest absolute Gasteiger partial charge is 0.310 e. The van der Waals surface area contributed by atoms with Gasteiger partial charge in [0.15, 0.2) is 0 Å². The second-order valence-electron chi connectivity index (χ2n) is 11.5. The Morgan fingerprint density at radius 3 is 0.886 bits per heavy atom. The van der Waals surface area contributed by atoms with Crippen LogP contribution in [0.3, 0.4) is 0 Å². The fraction of sp³-hybridized carbons (Fsp3) is 0.0476. The van der Waals surface area contributed by atoms with Crippen molar-refractivity contribution in [3.8, 4) is 0 Å². The maximum Gasteiger partial charge on any atom is 0.0543 e. The van der Waals surface area contributed by atoms with Crippen molar-refractivity contribution in [3.63, 3.8) is 0 Å². The highest BCUT2D eigenvalue weighted by Crippen LogP contribution is 2.48. The second kappa shape index (κ2) is 10.6. The van der Waals surface area contributed by atoms with Gasteiger partial charge in [0.25, 0.3) is 0 Å². The van der Waals surface area contributed by atoms with Crippen molar-refractivity contribution in [1.29, 1.82) is 0 Å². The highest BCUT2D eigenvalue weighted by molar-refractivity contribution is 6.29. The van der Waals surface area contributed by atoms with E-state index < -0.39 is 0 Å². The number of anilines is 6. The van der Waals surface area contributed by atoms with Crippen LogP contribution in [0.4, 0.5) is 34.1 Å². The first-order valence-corrected chi connectivity index (χ1v) is 15.2. The van der Waals surface area contributed by atoms with Gasteiger partial charge in [0, 0.05) is 33.5 Å². The molecule has 0 N–H and O–H groups in total. The average Bonchev–Trinajstić information content (AvgIpc) is 3.08. The molecule has 2 heteroatoms. The Balaban J connectivity index is 1.47. The minimum Gasteiger partial charge on any atom is -0.310 e. The van der Waals surface area contributed by atoms with Gasteiger partial charge in [0.2, 0.25) is 0 Å². The molecular formula is C42H32N2. The molecule has 0 aliphatic rings. The van der Waals surface area contributed by atoms with Crippen LogP contribution in [0.1, 0.15) is 11.1 Å². The summed E-state index contributed by atoms with van der Waals surface area (Å²) in [6, 6.07) is 56.8. The van der Waals surface area contributed by atoms with Gasteiger partial charge in [-0.1, -0.05) is 97.1 Å². The van der Waals surface area contributed by atoms with Gasteiger partial charge in [-0.05, 0) is 107 Å². The van der Waals surface area contributed by atoms with Crippen molar-refractivity contribution in [2.45, 2.75) is 13.8 Å². The van der Waals surface area contributed by atoms with Crippen molar-refractivity contribution in [2.75, 3.05) is 9.80 Å². The molecule has 0 aliphatic carbocycles. The molecule has 0 atom stereocenters. The summed E-state index contributed by atoms with van der Waals surface area (Å²) < 4.78 is 0. The number of hydrogen-bond donors (Lipinski definition) is 0. The van der Waals surface area contributed by atoms with Crippen molar-refractivity contribution < 1.29 is 0 Å². The summed E-state index contributed by atoms with van der Waals surface area (Å²) >= 11 is 0. The van der Waals surface area contributed by atoms with Gasteiger partial charge in [0.05, 0.1) is 11.4 Å². The van der Waals surface area contributed by atoms with Gasteiger partial charge >= 0.3 is 0 Å². The topological polar surface area (TPSA) is 6.48 Å². The van der Waals surface area contributed by atoms with Crippen LogP contribution < -0.4 is 9.80 Å². The van der Waals surface area contributed by atoms with E-state index >= 15 is 0 Å². The Labute approximate surface area is 258 Å². The fourth-order valence-corrected chi connectivity index (χ4v) is 6.83. The maximum absolute atomic E-state index is 2.40. The number of aryl methyl sites for hydroxylation is 2. The minimum atomic E-state index is 1.14. The Kier molecular flexibility index (Phi) is 6.27. The Hall–Kier alpha value is -5.60. The average molecular weight is 565 g/mol. The van der Waals surface area contributed by atoms with E-state index in [1.165, 1.54) is 54.8 Å². The Morgan fingerprint density at radius 2 is 0.591 bits per heavy atom. The summed E-state index contributed by atoms with van der Waals surface area (Å²) in [5, 5.41) is 7.73. The number of benzene rings is 8. The fourth-order valence-electron chi connectivity index (χ4n) is 6.83. The van der Waals surface area contributed by atoms with E-state index in [-0.39, 0.29) is 0 Å². The lowest BCUT2D eigenvalue weighted by Crippen LogP contribution is -2.12. The molecule has 0 unspecified atom stereocenters. The third-order valence-electron chi connectivity index (χ3n) is 8.81. The molecule has 210 valence electrons. The van der Waals surface area contributed by atoms with Crippen molar-refractivity contribution in [1.82, 2.24) is 0 Å². The molecule has 44 heavy (non-hydrogen) atoms. The van der Waals surface area contributed by atoms with Gasteiger partial charge in [-0.25, -0.2) is 0 Å². The van der Waals surface area contributed by atoms with Gasteiger partial charge in [-0.3, -0.25) is 0 Å². The van der Waals surface area contributed by atoms with Crippen LogP contribution >= 0.6 is 0 Å². The van der Waals surface area contributed by atoms with E-state index in [1.54, 1.807) is 0 Å². The molecule has 0 saturated heterocycles. The standard InChI is InChI=1S/C42H32N2/c1-29-27-39(43(31-15-7-3-8-16-31)32-17-9-4-10-18-32)37-26-24-36-30(2)28-40(38-25-23-35(29)41(37)42(36)38)44(33-19-11-5-12-20-33)34-21-13-6-14-22-34/h3-28H,1-2H3. The molecule has 8 aromatic rings. The summed E-state index contributed by atoms with van der Waals surface area (Å²) in [6.07, 6.45) is 0. The quantitative estimate of drug-likeness (QED) is 0.185. The molecule has 0 amide bonds. The molecular weight excluding hydrogens is 532 g/mol. The van der Waals surface area contributed by atoms with E-state index in [4.69, 9.17) is 0 Å². The molecule has 0 bridgehead atoms. The zero-order chi connectivity index (χ0) is 29.6. The van der Waals surface area contributed by atoms with Gasteiger partial charge < -0.3 is 9.80 Å². The van der Waals surface area contributed by atoms with E-state index in [1.807, 2.05) is 0 Å². The van der Waals surface area contributed by atoms with E-state index in [0.29, 0.717) is 0 Å². The van der Waals surface area contributed by atoms with Crippen molar-refractivity contribution >= 4 is 66.4 Å². The van der Waals surface area contributed by atoms with E-state index in [0.717, 1.165) is 22.7 Å². The molecule has 0 radical (unpaired) electrons. The molecule has 8 rings (SSSR count). The predicted molar refractivity (Wildman–Crippen MR) is 189 cm³/mol. The lowest BCUT2D eigenvalue weighted by atomic mass is 9.88. The molecule has 0 heterocycles. The third kappa shape index (κ3) is 4.19. The van der Waals surface area contributed by atoms with Crippen LogP contribution in [0.15, 0.2) is 158 Å². The summed E-state index contributed by atoms with van der Waals surface area (Å²) in [6.45, 7) is 4.50. The smallest absolute Gasteiger partial charge is 0.0543 e. The molecule has 0 aliphatic heterocycles. The lowest BCUT2D eigenvalue weighted by molar-refractivity contribution is 1.29. The zero-order valence-corrected chi connectivity index (χ0v) is 24.9. The zero-order valence-electron chi connectivity index (χ0n) is 24.9. The monoisotopic (exact) mass is 564 g/mol. The molecule has 0 saturated carbocycles. The number of nitrogens with zero attached hydrogens (tertiary/aromatic N) is 2. The van der Waals surface area contributed by atoms with Crippen molar-refractivity contribution in [2.24, 2.45) is 0 Å². The van der Waals surface area contributed by atoms with Crippen LogP contribution in [0, 0.1) is 13.8 Å². The molecule has 8 aromatic carbocycles. The molecule has 0 aromatic heterocycles. The van der Waals surface area contributed by atoms with Crippen LogP contribution in [-0.2, 0) is 0 Å². The van der Waals surface area contributed by atoms with E-state index in [2.05, 4.69) is 181 Å². The number of hydrogen-bond acceptors (Lipinski definition) is 2. The first kappa shape index (κ1) is 26.1. The van der Waals surface area contributed by atoms with E-state index in [9.17, 15) is 0 Å². The van der Waals surface area contributed by atoms with Gasteiger partial charge in [-0.15, -0.1) is 0 Å². The minimum absolute atomic E-state index is 1.14. The highest BCUT2D eigenvalue weighted by Gasteiger charge is 2.23. The lowest BCUT2D eigenvalue weighted by Gasteiger charge is -2.30. The predicted octanol–water partition coefficient (Wildman–Crippen LogP) is 12.1. The molecule has 2 nitrogen and oxygen atoms in total. The molecule has 0 spiro atoms. The van der Waals surface area contributed by atoms with Crippen LogP contribution in [0.5, 0.6) is 0 Å². The second-order valence-corrected chi connectivity index (χ2v) is 11.5. The summed E-state index contributed by atoms with van der Waals surface area (Å²) in [5.41, 5.74) is 9.48. The SMILES string of the molecule is Cc1cc(N(c2ccccc2)c2ccccc2)c2ccc3c(C)cc(N(c4ccccc4)c4ccccc4)c4ccc1c2c34. The van der Waals surface area contributed by atoms with Gasteiger partial charge in [0.1, 0.15) is 0 Å². The Morgan fingerprint density at radius 1 is 0.318 bits per heavy atom. The third-order valence-corrected chi connectivity index (χ3v) is 8.81. The molecule has 0 fully saturated rings. The summed E-state index contributed by atoms with van der Waals surface area (Å²) in [5.74, 6) is 0. The van der Waals surface area contributed by atoms with Crippen LogP contribution in [0.25, 0.3) is 32.3 Å². The van der Waals surface area contributed by atoms with Crippen LogP contribution in [0.2, 0.25) is 0 Å². The van der Waals surface area contributed by atoms with Gasteiger partial charge in [-0.2, -0.15) is 0 Å². The highest BCUT2D eigenvalue weighted by atomic mass is 15.1. The number of para-hydroxylation sites is 4. The maximum atomic E-state index is 2.40. The number of rotatable bonds is 6. The first-order chi connectivity index (χ1) is 21.7. The Bertz CT molecular complexity index is 1980. The van der Waals surface area contributed by atoms with Crippen molar-refractivity contribution in [3.05, 3.63) is 169 Å². The first-order valence-electron chi connectivity index (χ1n) is 15.2. The van der Waals surface area contributed by atoms with Crippen LogP contribution in [-0.4, -0.2) is 0 Å². The summed E-state index contributed by atoms with van der Waals surface area (Å²) in [4.78, 5) is 4.79.